The molecule has 1 radical (unpaired) electrons. The molecule has 7 heteroatoms. The zero-order valence-corrected chi connectivity index (χ0v) is 5.57. The fourth-order valence-corrected chi connectivity index (χ4v) is 0. The first-order valence-corrected chi connectivity index (χ1v) is 0. The van der Waals surface area contributed by atoms with E-state index in [0.717, 1.165) is 0 Å². The van der Waals surface area contributed by atoms with E-state index >= 15 is 0 Å². The van der Waals surface area contributed by atoms with Crippen LogP contribution in [0.2, 0.25) is 0 Å². The van der Waals surface area contributed by atoms with Gasteiger partial charge in [-0.3, -0.25) is 0 Å². The molecule has 0 aromatic rings. The Morgan fingerprint density at radius 1 is 0.429 bits per heavy atom. The second-order valence-corrected chi connectivity index (χ2v) is 0. The third-order valence-electron chi connectivity index (χ3n) is 0. The van der Waals surface area contributed by atoms with Crippen LogP contribution in [-0.4, -0.2) is 27.4 Å². The minimum absolute atomic E-state index is 0. The van der Waals surface area contributed by atoms with Crippen molar-refractivity contribution in [3.05, 3.63) is 0 Å². The minimum atomic E-state index is 0. The van der Waals surface area contributed by atoms with E-state index in [4.69, 9.17) is 0 Å². The van der Waals surface area contributed by atoms with Gasteiger partial charge < -0.3 is 27.4 Å². The van der Waals surface area contributed by atoms with Crippen molar-refractivity contribution in [2.75, 3.05) is 0 Å². The van der Waals surface area contributed by atoms with Gasteiger partial charge in [-0.15, -0.1) is 12.4 Å². The molecule has 0 aromatic carbocycles. The molecule has 0 saturated carbocycles. The molecule has 5 nitrogen and oxygen atoms in total. The van der Waals surface area contributed by atoms with Crippen molar-refractivity contribution in [3.8, 4) is 0 Å². The summed E-state index contributed by atoms with van der Waals surface area (Å²) in [5.74, 6) is 0. The summed E-state index contributed by atoms with van der Waals surface area (Å²) in [7, 11) is 0. The Labute approximate surface area is 58.9 Å². The van der Waals surface area contributed by atoms with Gasteiger partial charge in [0.05, 0.1) is 0 Å². The predicted molar refractivity (Wildman–Crippen MR) is 25.3 cm³/mol. The maximum atomic E-state index is 0. The van der Waals surface area contributed by atoms with Crippen LogP contribution < -0.4 is 0 Å². The zero-order valence-electron chi connectivity index (χ0n) is 3.36. The standard InChI is InChI=1S/ClH.5H2O.V/h1H;5*1H2;. The molecule has 0 aliphatic rings. The van der Waals surface area contributed by atoms with Crippen LogP contribution in [-0.2, 0) is 18.6 Å². The Hall–Kier alpha value is 0.674. The monoisotopic (exact) mass is 177 g/mol. The SMILES string of the molecule is Cl.O.O.O.O.O.[V]. The van der Waals surface area contributed by atoms with E-state index in [1.54, 1.807) is 0 Å². The Balaban J connectivity index is 0. The first-order chi connectivity index (χ1) is 0. The van der Waals surface area contributed by atoms with Gasteiger partial charge in [-0.2, -0.15) is 0 Å². The minimum Gasteiger partial charge on any atom is -0.412 e. The molecule has 53 valence electrons. The molecule has 0 saturated heterocycles. The maximum Gasteiger partial charge on any atom is 0 e. The molecule has 10 N–H and O–H groups in total. The predicted octanol–water partition coefficient (Wildman–Crippen LogP) is -3.70. The Morgan fingerprint density at radius 2 is 0.429 bits per heavy atom. The molecule has 0 spiro atoms. The van der Waals surface area contributed by atoms with Crippen LogP contribution in [0.3, 0.4) is 0 Å². The zero-order chi connectivity index (χ0) is 0. The van der Waals surface area contributed by atoms with Gasteiger partial charge in [0.1, 0.15) is 0 Å². The largest absolute Gasteiger partial charge is 0.412 e. The van der Waals surface area contributed by atoms with Crippen LogP contribution in [0, 0.1) is 0 Å². The van der Waals surface area contributed by atoms with Gasteiger partial charge in [0, 0.05) is 18.6 Å². The van der Waals surface area contributed by atoms with Gasteiger partial charge in [-0.05, 0) is 0 Å². The third-order valence-corrected chi connectivity index (χ3v) is 0. The molecule has 0 heterocycles. The number of hydrogen-bond acceptors (Lipinski definition) is 0. The molecular weight excluding hydrogens is 166 g/mol. The summed E-state index contributed by atoms with van der Waals surface area (Å²) in [6, 6.07) is 0. The van der Waals surface area contributed by atoms with Gasteiger partial charge in [0.15, 0.2) is 0 Å². The van der Waals surface area contributed by atoms with Gasteiger partial charge >= 0.3 is 0 Å². The van der Waals surface area contributed by atoms with Crippen molar-refractivity contribution >= 4 is 12.4 Å². The molecule has 0 aliphatic heterocycles. The molecule has 7 heavy (non-hydrogen) atoms. The third kappa shape index (κ3) is 321. The van der Waals surface area contributed by atoms with Crippen LogP contribution in [0.4, 0.5) is 0 Å². The maximum absolute atomic E-state index is 0. The van der Waals surface area contributed by atoms with Crippen molar-refractivity contribution in [1.29, 1.82) is 0 Å². The number of hydrogen-bond donors (Lipinski definition) is 0. The van der Waals surface area contributed by atoms with Crippen molar-refractivity contribution in [1.82, 2.24) is 0 Å². The average Bonchev–Trinajstić information content (AvgIpc) is 0. The second kappa shape index (κ2) is 472. The van der Waals surface area contributed by atoms with Gasteiger partial charge in [0.25, 0.3) is 0 Å². The molecule has 0 unspecified atom stereocenters. The van der Waals surface area contributed by atoms with Crippen LogP contribution in [0.1, 0.15) is 0 Å². The van der Waals surface area contributed by atoms with E-state index in [9.17, 15) is 0 Å². The molecule has 0 aromatic heterocycles. The van der Waals surface area contributed by atoms with Crippen LogP contribution >= 0.6 is 12.4 Å². The molecule has 0 bridgehead atoms. The normalized spacial score (nSPS) is 0. The summed E-state index contributed by atoms with van der Waals surface area (Å²) in [5, 5.41) is 0. The molecule has 0 fully saturated rings. The summed E-state index contributed by atoms with van der Waals surface area (Å²) in [4.78, 5) is 0. The Morgan fingerprint density at radius 3 is 0.429 bits per heavy atom. The Kier molecular flexibility index (Phi) is 50700. The van der Waals surface area contributed by atoms with Gasteiger partial charge in [-0.1, -0.05) is 0 Å². The van der Waals surface area contributed by atoms with Gasteiger partial charge in [-0.25, -0.2) is 0 Å². The second-order valence-electron chi connectivity index (χ2n) is 0. The van der Waals surface area contributed by atoms with E-state index in [2.05, 4.69) is 0 Å². The Bertz CT molecular complexity index is 8.04. The van der Waals surface area contributed by atoms with Crippen LogP contribution in [0.15, 0.2) is 0 Å². The molecular formula is H11ClO5V. The fourth-order valence-electron chi connectivity index (χ4n) is 0. The number of halogens is 1. The summed E-state index contributed by atoms with van der Waals surface area (Å²) in [6.45, 7) is 0. The molecule has 0 rings (SSSR count). The molecule has 0 amide bonds. The van der Waals surface area contributed by atoms with E-state index < -0.39 is 0 Å². The summed E-state index contributed by atoms with van der Waals surface area (Å²) < 4.78 is 0. The van der Waals surface area contributed by atoms with Crippen molar-refractivity contribution < 1.29 is 45.9 Å². The van der Waals surface area contributed by atoms with Crippen molar-refractivity contribution in [2.24, 2.45) is 0 Å². The number of rotatable bonds is 0. The fraction of sp³-hybridized carbons (Fsp3) is 0. The average molecular weight is 177 g/mol. The van der Waals surface area contributed by atoms with E-state index in [1.165, 1.54) is 0 Å². The topological polar surface area (TPSA) is 158 Å². The van der Waals surface area contributed by atoms with Crippen LogP contribution in [0.25, 0.3) is 0 Å². The van der Waals surface area contributed by atoms with Gasteiger partial charge in [0.2, 0.25) is 0 Å². The molecule has 0 atom stereocenters. The van der Waals surface area contributed by atoms with E-state index in [0.29, 0.717) is 0 Å². The van der Waals surface area contributed by atoms with Crippen LogP contribution in [0.5, 0.6) is 0 Å². The summed E-state index contributed by atoms with van der Waals surface area (Å²) in [5.41, 5.74) is 0. The van der Waals surface area contributed by atoms with Crippen molar-refractivity contribution in [2.45, 2.75) is 0 Å². The first kappa shape index (κ1) is 752. The molecule has 0 aliphatic carbocycles. The summed E-state index contributed by atoms with van der Waals surface area (Å²) >= 11 is 0. The van der Waals surface area contributed by atoms with Crippen molar-refractivity contribution in [3.63, 3.8) is 0 Å². The quantitative estimate of drug-likeness (QED) is 0.357. The van der Waals surface area contributed by atoms with E-state index in [1.807, 2.05) is 0 Å². The van der Waals surface area contributed by atoms with E-state index in [-0.39, 0.29) is 58.3 Å². The smallest absolute Gasteiger partial charge is 0 e. The first-order valence-electron chi connectivity index (χ1n) is 0. The summed E-state index contributed by atoms with van der Waals surface area (Å²) in [6.07, 6.45) is 0.